The van der Waals surface area contributed by atoms with Crippen LogP contribution in [0.25, 0.3) is 0 Å². The molecule has 0 bridgehead atoms. The molecule has 0 spiro atoms. The largest absolute Gasteiger partial charge is 0.452 e. The molecule has 6 heteroatoms. The second-order valence-electron chi connectivity index (χ2n) is 3.89. The maximum Gasteiger partial charge on any atom is 0.452 e. The minimum Gasteiger partial charge on any atom is -0.447 e. The lowest BCUT2D eigenvalue weighted by molar-refractivity contribution is 0.128. The molecule has 0 aromatic carbocycles. The van der Waals surface area contributed by atoms with E-state index >= 15 is 0 Å². The first kappa shape index (κ1) is 16.5. The van der Waals surface area contributed by atoms with Crippen molar-refractivity contribution in [3.63, 3.8) is 0 Å². The molecule has 1 atom stereocenters. The van der Waals surface area contributed by atoms with Crippen LogP contribution in [0, 0.1) is 5.92 Å². The average molecular weight is 258 g/mol. The van der Waals surface area contributed by atoms with Crippen molar-refractivity contribution in [2.24, 2.45) is 16.1 Å². The molecule has 0 N–H and O–H groups in total. The first-order chi connectivity index (χ1) is 8.63. The van der Waals surface area contributed by atoms with Gasteiger partial charge >= 0.3 is 12.2 Å². The van der Waals surface area contributed by atoms with Crippen LogP contribution in [0.5, 0.6) is 0 Å². The quantitative estimate of drug-likeness (QED) is 0.648. The van der Waals surface area contributed by atoms with Gasteiger partial charge in [-0.05, 0) is 19.3 Å². The maximum atomic E-state index is 11.2. The fourth-order valence-electron chi connectivity index (χ4n) is 1.35. The third kappa shape index (κ3) is 8.66. The van der Waals surface area contributed by atoms with Crippen LogP contribution < -0.4 is 0 Å². The lowest BCUT2D eigenvalue weighted by atomic mass is 10.0. The highest BCUT2D eigenvalue weighted by atomic mass is 16.6. The van der Waals surface area contributed by atoms with Gasteiger partial charge in [-0.15, -0.1) is 0 Å². The summed E-state index contributed by atoms with van der Waals surface area (Å²) in [7, 11) is 0. The third-order valence-corrected chi connectivity index (χ3v) is 2.47. The Morgan fingerprint density at radius 2 is 1.67 bits per heavy atom. The zero-order valence-corrected chi connectivity index (χ0v) is 11.3. The number of nitrogens with zero attached hydrogens (tertiary/aromatic N) is 2. The van der Waals surface area contributed by atoms with Crippen LogP contribution in [-0.4, -0.2) is 25.4 Å². The van der Waals surface area contributed by atoms with Crippen molar-refractivity contribution in [3.05, 3.63) is 0 Å². The second-order valence-corrected chi connectivity index (χ2v) is 3.89. The van der Waals surface area contributed by atoms with E-state index in [1.54, 1.807) is 6.92 Å². The highest BCUT2D eigenvalue weighted by Crippen LogP contribution is 2.13. The van der Waals surface area contributed by atoms with Gasteiger partial charge in [0, 0.05) is 0 Å². The summed E-state index contributed by atoms with van der Waals surface area (Å²) in [6, 6.07) is 0. The van der Waals surface area contributed by atoms with Crippen molar-refractivity contribution in [1.82, 2.24) is 0 Å². The van der Waals surface area contributed by atoms with Gasteiger partial charge in [0.2, 0.25) is 0 Å². The number of carbonyl (C=O) groups is 2. The van der Waals surface area contributed by atoms with Gasteiger partial charge in [0.1, 0.15) is 0 Å². The summed E-state index contributed by atoms with van der Waals surface area (Å²) in [5.74, 6) is 0.340. The van der Waals surface area contributed by atoms with E-state index in [1.807, 2.05) is 6.92 Å². The molecule has 6 nitrogen and oxygen atoms in total. The van der Waals surface area contributed by atoms with Gasteiger partial charge in [0.15, 0.2) is 0 Å². The SMILES string of the molecule is CCCCC(CC)COC(=O)N=NC(=O)OCC. The van der Waals surface area contributed by atoms with Gasteiger partial charge in [-0.25, -0.2) is 9.59 Å². The van der Waals surface area contributed by atoms with E-state index < -0.39 is 12.2 Å². The molecule has 18 heavy (non-hydrogen) atoms. The summed E-state index contributed by atoms with van der Waals surface area (Å²) in [5, 5.41) is 6.19. The number of amides is 2. The topological polar surface area (TPSA) is 77.3 Å². The average Bonchev–Trinajstić information content (AvgIpc) is 2.37. The summed E-state index contributed by atoms with van der Waals surface area (Å²) in [4.78, 5) is 21.9. The first-order valence-corrected chi connectivity index (χ1v) is 6.39. The van der Waals surface area contributed by atoms with Crippen LogP contribution in [0.2, 0.25) is 0 Å². The number of carbonyl (C=O) groups excluding carboxylic acids is 2. The number of azo groups is 1. The lowest BCUT2D eigenvalue weighted by Gasteiger charge is -2.12. The van der Waals surface area contributed by atoms with Crippen molar-refractivity contribution >= 4 is 12.2 Å². The van der Waals surface area contributed by atoms with Crippen molar-refractivity contribution < 1.29 is 19.1 Å². The molecular weight excluding hydrogens is 236 g/mol. The fourth-order valence-corrected chi connectivity index (χ4v) is 1.35. The van der Waals surface area contributed by atoms with Crippen LogP contribution in [0.1, 0.15) is 46.5 Å². The molecule has 0 aromatic rings. The summed E-state index contributed by atoms with van der Waals surface area (Å²) in [5.41, 5.74) is 0. The normalized spacial score (nSPS) is 12.4. The molecule has 0 aliphatic heterocycles. The molecule has 0 aliphatic carbocycles. The Balaban J connectivity index is 3.90. The number of rotatable bonds is 7. The summed E-state index contributed by atoms with van der Waals surface area (Å²) >= 11 is 0. The van der Waals surface area contributed by atoms with Crippen LogP contribution in [0.3, 0.4) is 0 Å². The number of hydrogen-bond acceptors (Lipinski definition) is 4. The van der Waals surface area contributed by atoms with Crippen molar-refractivity contribution in [2.75, 3.05) is 13.2 Å². The van der Waals surface area contributed by atoms with Crippen LogP contribution in [-0.2, 0) is 9.47 Å². The lowest BCUT2D eigenvalue weighted by Crippen LogP contribution is -2.11. The number of hydrogen-bond donors (Lipinski definition) is 0. The zero-order valence-electron chi connectivity index (χ0n) is 11.3. The molecule has 0 aliphatic rings. The molecule has 104 valence electrons. The van der Waals surface area contributed by atoms with Crippen LogP contribution in [0.15, 0.2) is 10.2 Å². The third-order valence-electron chi connectivity index (χ3n) is 2.47. The van der Waals surface area contributed by atoms with E-state index in [9.17, 15) is 9.59 Å². The molecule has 2 amide bonds. The van der Waals surface area contributed by atoms with E-state index in [2.05, 4.69) is 21.9 Å². The summed E-state index contributed by atoms with van der Waals surface area (Å²) in [6.45, 7) is 6.32. The van der Waals surface area contributed by atoms with Gasteiger partial charge in [0.05, 0.1) is 13.2 Å². The molecule has 0 saturated carbocycles. The second kappa shape index (κ2) is 10.7. The molecular formula is C12H22N2O4. The first-order valence-electron chi connectivity index (χ1n) is 6.39. The molecule has 0 heterocycles. The van der Waals surface area contributed by atoms with Gasteiger partial charge in [0.25, 0.3) is 0 Å². The minimum atomic E-state index is -0.882. The summed E-state index contributed by atoms with van der Waals surface area (Å²) in [6.07, 6.45) is 2.47. The molecule has 0 saturated heterocycles. The fraction of sp³-hybridized carbons (Fsp3) is 0.833. The summed E-state index contributed by atoms with van der Waals surface area (Å²) < 4.78 is 9.40. The van der Waals surface area contributed by atoms with Crippen molar-refractivity contribution in [1.29, 1.82) is 0 Å². The molecule has 1 unspecified atom stereocenters. The molecule has 0 aromatic heterocycles. The van der Waals surface area contributed by atoms with Crippen LogP contribution in [0.4, 0.5) is 9.59 Å². The van der Waals surface area contributed by atoms with Crippen molar-refractivity contribution in [3.8, 4) is 0 Å². The highest BCUT2D eigenvalue weighted by molar-refractivity contribution is 5.73. The Labute approximate surface area is 108 Å². The Kier molecular flexibility index (Phi) is 9.81. The van der Waals surface area contributed by atoms with E-state index in [0.717, 1.165) is 25.7 Å². The van der Waals surface area contributed by atoms with E-state index in [1.165, 1.54) is 0 Å². The standard InChI is InChI=1S/C12H22N2O4/c1-4-7-8-10(5-2)9-18-12(16)14-13-11(15)17-6-3/h10H,4-9H2,1-3H3. The molecule has 0 fully saturated rings. The Morgan fingerprint density at radius 1 is 1.06 bits per heavy atom. The zero-order chi connectivity index (χ0) is 13.8. The predicted octanol–water partition coefficient (Wildman–Crippen LogP) is 3.95. The Bertz CT molecular complexity index is 279. The van der Waals surface area contributed by atoms with Gasteiger partial charge in [-0.2, -0.15) is 0 Å². The monoisotopic (exact) mass is 258 g/mol. The van der Waals surface area contributed by atoms with E-state index in [4.69, 9.17) is 4.74 Å². The molecule has 0 radical (unpaired) electrons. The predicted molar refractivity (Wildman–Crippen MR) is 66.5 cm³/mol. The highest BCUT2D eigenvalue weighted by Gasteiger charge is 2.09. The van der Waals surface area contributed by atoms with E-state index in [-0.39, 0.29) is 6.61 Å². The molecule has 0 rings (SSSR count). The number of unbranched alkanes of at least 4 members (excludes halogenated alkanes) is 1. The van der Waals surface area contributed by atoms with Gasteiger partial charge < -0.3 is 9.47 Å². The van der Waals surface area contributed by atoms with E-state index in [0.29, 0.717) is 12.5 Å². The Hall–Kier alpha value is -1.46. The van der Waals surface area contributed by atoms with Crippen molar-refractivity contribution in [2.45, 2.75) is 46.5 Å². The minimum absolute atomic E-state index is 0.196. The van der Waals surface area contributed by atoms with Gasteiger partial charge in [-0.3, -0.25) is 0 Å². The number of ether oxygens (including phenoxy) is 2. The maximum absolute atomic E-state index is 11.2. The van der Waals surface area contributed by atoms with Crippen LogP contribution >= 0.6 is 0 Å². The smallest absolute Gasteiger partial charge is 0.447 e. The Morgan fingerprint density at radius 3 is 2.17 bits per heavy atom. The van der Waals surface area contributed by atoms with Gasteiger partial charge in [-0.1, -0.05) is 43.3 Å².